The van der Waals surface area contributed by atoms with E-state index in [1.807, 2.05) is 4.90 Å². The van der Waals surface area contributed by atoms with Gasteiger partial charge < -0.3 is 14.6 Å². The Morgan fingerprint density at radius 2 is 2.21 bits per heavy atom. The highest BCUT2D eigenvalue weighted by Gasteiger charge is 2.26. The lowest BCUT2D eigenvalue weighted by Gasteiger charge is -2.21. The highest BCUT2D eigenvalue weighted by molar-refractivity contribution is 5.98. The fourth-order valence-electron chi connectivity index (χ4n) is 2.66. The van der Waals surface area contributed by atoms with Crippen LogP contribution in [-0.2, 0) is 0 Å². The quantitative estimate of drug-likeness (QED) is 0.823. The van der Waals surface area contributed by atoms with Crippen LogP contribution in [0.1, 0.15) is 23.2 Å². The number of ether oxygens (including phenoxy) is 2. The van der Waals surface area contributed by atoms with E-state index in [0.29, 0.717) is 23.6 Å². The van der Waals surface area contributed by atoms with Crippen molar-refractivity contribution >= 4 is 5.78 Å². The summed E-state index contributed by atoms with van der Waals surface area (Å²) >= 11 is 0. The van der Waals surface area contributed by atoms with Crippen molar-refractivity contribution in [3.63, 3.8) is 0 Å². The molecule has 0 aliphatic carbocycles. The van der Waals surface area contributed by atoms with E-state index in [9.17, 15) is 9.90 Å². The van der Waals surface area contributed by atoms with Crippen molar-refractivity contribution in [3.05, 3.63) is 23.8 Å². The summed E-state index contributed by atoms with van der Waals surface area (Å²) in [4.78, 5) is 14.3. The molecule has 2 aliphatic rings. The first-order valence-electron chi connectivity index (χ1n) is 6.55. The van der Waals surface area contributed by atoms with Crippen LogP contribution in [0.3, 0.4) is 0 Å². The first-order valence-corrected chi connectivity index (χ1v) is 6.55. The molecule has 102 valence electrons. The van der Waals surface area contributed by atoms with E-state index >= 15 is 0 Å². The molecule has 0 bridgehead atoms. The number of aliphatic hydroxyl groups is 1. The van der Waals surface area contributed by atoms with Gasteiger partial charge in [0.05, 0.1) is 13.2 Å². The van der Waals surface area contributed by atoms with Crippen LogP contribution < -0.4 is 9.47 Å². The van der Waals surface area contributed by atoms with Gasteiger partial charge in [0, 0.05) is 11.6 Å². The van der Waals surface area contributed by atoms with Crippen molar-refractivity contribution in [2.24, 2.45) is 0 Å². The minimum atomic E-state index is 0.0543. The predicted octanol–water partition coefficient (Wildman–Crippen LogP) is 1.05. The maximum Gasteiger partial charge on any atom is 0.231 e. The molecule has 1 atom stereocenters. The van der Waals surface area contributed by atoms with Gasteiger partial charge in [-0.2, -0.15) is 0 Å². The summed E-state index contributed by atoms with van der Waals surface area (Å²) in [6.45, 7) is 1.56. The smallest absolute Gasteiger partial charge is 0.231 e. The summed E-state index contributed by atoms with van der Waals surface area (Å²) in [7, 11) is 0. The molecule has 19 heavy (non-hydrogen) atoms. The summed E-state index contributed by atoms with van der Waals surface area (Å²) in [5.74, 6) is 1.37. The molecule has 0 aromatic heterocycles. The van der Waals surface area contributed by atoms with E-state index in [4.69, 9.17) is 9.47 Å². The molecule has 2 heterocycles. The molecular weight excluding hydrogens is 246 g/mol. The zero-order valence-corrected chi connectivity index (χ0v) is 10.7. The van der Waals surface area contributed by atoms with E-state index < -0.39 is 0 Å². The topological polar surface area (TPSA) is 59.0 Å². The Kier molecular flexibility index (Phi) is 3.40. The number of aliphatic hydroxyl groups excluding tert-OH is 1. The lowest BCUT2D eigenvalue weighted by molar-refractivity contribution is 0.0887. The normalized spacial score (nSPS) is 21.8. The first-order chi connectivity index (χ1) is 9.28. The molecule has 1 fully saturated rings. The number of ketones is 1. The van der Waals surface area contributed by atoms with Gasteiger partial charge in [0.25, 0.3) is 0 Å². The standard InChI is InChI=1S/C14H17NO4/c16-8-11-2-1-5-15(11)7-12(17)10-3-4-13-14(6-10)19-9-18-13/h3-4,6,11,16H,1-2,5,7-9H2. The number of fused-ring (bicyclic) bond motifs is 1. The molecule has 0 spiro atoms. The average molecular weight is 263 g/mol. The molecule has 5 nitrogen and oxygen atoms in total. The minimum Gasteiger partial charge on any atom is -0.454 e. The third-order valence-corrected chi connectivity index (χ3v) is 3.75. The van der Waals surface area contributed by atoms with E-state index in [1.165, 1.54) is 0 Å². The molecule has 1 unspecified atom stereocenters. The van der Waals surface area contributed by atoms with Crippen molar-refractivity contribution < 1.29 is 19.4 Å². The van der Waals surface area contributed by atoms with Gasteiger partial charge in [0.15, 0.2) is 17.3 Å². The van der Waals surface area contributed by atoms with E-state index in [-0.39, 0.29) is 25.2 Å². The van der Waals surface area contributed by atoms with Crippen LogP contribution in [0.2, 0.25) is 0 Å². The third-order valence-electron chi connectivity index (χ3n) is 3.75. The predicted molar refractivity (Wildman–Crippen MR) is 68.6 cm³/mol. The van der Waals surface area contributed by atoms with Crippen molar-refractivity contribution in [2.75, 3.05) is 26.5 Å². The molecule has 0 radical (unpaired) electrons. The van der Waals surface area contributed by atoms with Gasteiger partial charge >= 0.3 is 0 Å². The van der Waals surface area contributed by atoms with E-state index in [0.717, 1.165) is 19.4 Å². The van der Waals surface area contributed by atoms with Gasteiger partial charge in [-0.05, 0) is 37.6 Å². The summed E-state index contributed by atoms with van der Waals surface area (Å²) in [5.41, 5.74) is 0.632. The van der Waals surface area contributed by atoms with Gasteiger partial charge in [-0.25, -0.2) is 0 Å². The van der Waals surface area contributed by atoms with Gasteiger partial charge in [-0.1, -0.05) is 0 Å². The Hall–Kier alpha value is -1.59. The Morgan fingerprint density at radius 3 is 3.05 bits per heavy atom. The van der Waals surface area contributed by atoms with Gasteiger partial charge in [0.1, 0.15) is 0 Å². The molecule has 0 amide bonds. The van der Waals surface area contributed by atoms with Gasteiger partial charge in [0.2, 0.25) is 6.79 Å². The number of carbonyl (C=O) groups excluding carboxylic acids is 1. The van der Waals surface area contributed by atoms with Crippen LogP contribution in [0.4, 0.5) is 0 Å². The molecule has 2 aliphatic heterocycles. The van der Waals surface area contributed by atoms with Crippen molar-refractivity contribution in [2.45, 2.75) is 18.9 Å². The highest BCUT2D eigenvalue weighted by Crippen LogP contribution is 2.32. The molecule has 0 saturated carbocycles. The molecule has 1 aromatic carbocycles. The largest absolute Gasteiger partial charge is 0.454 e. The number of nitrogens with zero attached hydrogens (tertiary/aromatic N) is 1. The number of hydrogen-bond acceptors (Lipinski definition) is 5. The highest BCUT2D eigenvalue weighted by atomic mass is 16.7. The molecule has 1 aromatic rings. The van der Waals surface area contributed by atoms with Crippen molar-refractivity contribution in [3.8, 4) is 11.5 Å². The van der Waals surface area contributed by atoms with Crippen LogP contribution in [-0.4, -0.2) is 48.3 Å². The number of carbonyl (C=O) groups is 1. The van der Waals surface area contributed by atoms with E-state index in [2.05, 4.69) is 0 Å². The maximum absolute atomic E-state index is 12.2. The Morgan fingerprint density at radius 1 is 1.37 bits per heavy atom. The minimum absolute atomic E-state index is 0.0543. The molecule has 3 rings (SSSR count). The SMILES string of the molecule is O=C(CN1CCCC1CO)c1ccc2c(c1)OCO2. The van der Waals surface area contributed by atoms with E-state index in [1.54, 1.807) is 18.2 Å². The van der Waals surface area contributed by atoms with Crippen LogP contribution in [0.25, 0.3) is 0 Å². The zero-order chi connectivity index (χ0) is 13.2. The average Bonchev–Trinajstić information content (AvgIpc) is 3.05. The van der Waals surface area contributed by atoms with Crippen LogP contribution in [0, 0.1) is 0 Å². The zero-order valence-electron chi connectivity index (χ0n) is 10.7. The second-order valence-corrected chi connectivity index (χ2v) is 4.94. The summed E-state index contributed by atoms with van der Waals surface area (Å²) in [6, 6.07) is 5.38. The Bertz CT molecular complexity index is 488. The Balaban J connectivity index is 1.70. The molecule has 1 N–H and O–H groups in total. The summed E-state index contributed by atoms with van der Waals surface area (Å²) in [5, 5.41) is 9.26. The number of benzene rings is 1. The molecular formula is C14H17NO4. The lowest BCUT2D eigenvalue weighted by atomic mass is 10.1. The third kappa shape index (κ3) is 2.43. The fraction of sp³-hybridized carbons (Fsp3) is 0.500. The Labute approximate surface area is 111 Å². The van der Waals surface area contributed by atoms with Gasteiger partial charge in [-0.3, -0.25) is 9.69 Å². The van der Waals surface area contributed by atoms with Crippen LogP contribution in [0.5, 0.6) is 11.5 Å². The van der Waals surface area contributed by atoms with Crippen molar-refractivity contribution in [1.82, 2.24) is 4.90 Å². The summed E-state index contributed by atoms with van der Waals surface area (Å²) < 4.78 is 10.5. The number of hydrogen-bond donors (Lipinski definition) is 1. The maximum atomic E-state index is 12.2. The summed E-state index contributed by atoms with van der Waals surface area (Å²) in [6.07, 6.45) is 2.00. The van der Waals surface area contributed by atoms with Gasteiger partial charge in [-0.15, -0.1) is 0 Å². The lowest BCUT2D eigenvalue weighted by Crippen LogP contribution is -2.36. The number of likely N-dealkylation sites (tertiary alicyclic amines) is 1. The first kappa shape index (κ1) is 12.4. The fourth-order valence-corrected chi connectivity index (χ4v) is 2.66. The second kappa shape index (κ2) is 5.19. The second-order valence-electron chi connectivity index (χ2n) is 4.94. The van der Waals surface area contributed by atoms with Crippen molar-refractivity contribution in [1.29, 1.82) is 0 Å². The molecule has 5 heteroatoms. The number of rotatable bonds is 4. The number of Topliss-reactive ketones (excluding diaryl/α,β-unsaturated/α-hetero) is 1. The molecule has 1 saturated heterocycles. The van der Waals surface area contributed by atoms with Crippen LogP contribution >= 0.6 is 0 Å². The monoisotopic (exact) mass is 263 g/mol. The van der Waals surface area contributed by atoms with Crippen LogP contribution in [0.15, 0.2) is 18.2 Å².